The summed E-state index contributed by atoms with van der Waals surface area (Å²) in [6, 6.07) is 10.3. The number of carboxylic acid groups (broad SMARTS) is 1. The van der Waals surface area contributed by atoms with Crippen LogP contribution in [-0.2, 0) is 11.3 Å². The Balaban J connectivity index is 2.14. The first-order valence-corrected chi connectivity index (χ1v) is 11.1. The van der Waals surface area contributed by atoms with Gasteiger partial charge in [-0.1, -0.05) is 101 Å². The minimum absolute atomic E-state index is 0.201. The van der Waals surface area contributed by atoms with Crippen LogP contribution in [-0.4, -0.2) is 35.7 Å². The molecule has 154 valence electrons. The van der Waals surface area contributed by atoms with E-state index in [4.69, 9.17) is 0 Å². The van der Waals surface area contributed by atoms with Crippen LogP contribution in [0.2, 0.25) is 0 Å². The highest BCUT2D eigenvalue weighted by Crippen LogP contribution is 2.16. The summed E-state index contributed by atoms with van der Waals surface area (Å²) < 4.78 is 0.594. The molecule has 0 saturated heterocycles. The van der Waals surface area contributed by atoms with E-state index in [9.17, 15) is 9.90 Å². The molecule has 0 bridgehead atoms. The number of likely N-dealkylation sites (N-methyl/N-ethyl adjacent to an activating group) is 1. The number of nitrogens with zero attached hydrogens (tertiary/aromatic N) is 1. The van der Waals surface area contributed by atoms with Gasteiger partial charge in [-0.05, 0) is 12.8 Å². The topological polar surface area (TPSA) is 37.3 Å². The third-order valence-corrected chi connectivity index (χ3v) is 5.48. The van der Waals surface area contributed by atoms with Gasteiger partial charge in [-0.15, -0.1) is 0 Å². The zero-order valence-corrected chi connectivity index (χ0v) is 17.8. The molecule has 1 unspecified atom stereocenters. The summed E-state index contributed by atoms with van der Waals surface area (Å²) in [5.74, 6) is -0.702. The maximum Gasteiger partial charge on any atom is 0.359 e. The second-order valence-electron chi connectivity index (χ2n) is 8.43. The highest BCUT2D eigenvalue weighted by molar-refractivity contribution is 5.67. The molecule has 1 N–H and O–H groups in total. The average Bonchev–Trinajstić information content (AvgIpc) is 2.62. The van der Waals surface area contributed by atoms with E-state index >= 15 is 0 Å². The first-order valence-electron chi connectivity index (χ1n) is 11.1. The second-order valence-corrected chi connectivity index (χ2v) is 8.43. The Morgan fingerprint density at radius 2 is 1.30 bits per heavy atom. The first kappa shape index (κ1) is 23.7. The predicted octanol–water partition coefficient (Wildman–Crippen LogP) is 6.42. The molecule has 1 aromatic rings. The third-order valence-electron chi connectivity index (χ3n) is 5.48. The number of hydrogen-bond donors (Lipinski definition) is 1. The predicted molar refractivity (Wildman–Crippen MR) is 115 cm³/mol. The van der Waals surface area contributed by atoms with Crippen molar-refractivity contribution in [3.05, 3.63) is 35.9 Å². The molecule has 1 rings (SSSR count). The van der Waals surface area contributed by atoms with Crippen LogP contribution >= 0.6 is 0 Å². The molecule has 0 aromatic heterocycles. The Hall–Kier alpha value is -1.35. The normalized spacial score (nSPS) is 13.4. The van der Waals surface area contributed by atoms with E-state index in [-0.39, 0.29) is 6.54 Å². The van der Waals surface area contributed by atoms with Crippen LogP contribution in [0.25, 0.3) is 0 Å². The lowest BCUT2D eigenvalue weighted by atomic mass is 10.0. The quantitative estimate of drug-likeness (QED) is 0.252. The minimum Gasteiger partial charge on any atom is -0.477 e. The molecule has 27 heavy (non-hydrogen) atoms. The second kappa shape index (κ2) is 14.7. The van der Waals surface area contributed by atoms with E-state index in [1.807, 2.05) is 18.2 Å². The number of benzene rings is 1. The molecule has 0 amide bonds. The van der Waals surface area contributed by atoms with Crippen molar-refractivity contribution in [2.45, 2.75) is 90.5 Å². The van der Waals surface area contributed by atoms with E-state index in [0.29, 0.717) is 4.48 Å². The standard InChI is InChI=1S/C24H41NO2/c1-3-4-5-6-7-8-9-10-11-12-13-17-20-25(2,22-24(26)27)21-23-18-15-14-16-19-23/h14-16,18-19H,3-13,17,20-22H2,1-2H3/p+1. The van der Waals surface area contributed by atoms with E-state index in [0.717, 1.165) is 19.5 Å². The lowest BCUT2D eigenvalue weighted by molar-refractivity contribution is -0.915. The molecule has 0 heterocycles. The van der Waals surface area contributed by atoms with Crippen molar-refractivity contribution in [3.63, 3.8) is 0 Å². The molecule has 0 spiro atoms. The molecule has 0 saturated carbocycles. The summed E-state index contributed by atoms with van der Waals surface area (Å²) in [4.78, 5) is 11.3. The molecule has 0 aliphatic rings. The van der Waals surface area contributed by atoms with Crippen molar-refractivity contribution in [3.8, 4) is 0 Å². The van der Waals surface area contributed by atoms with Gasteiger partial charge in [0.1, 0.15) is 6.54 Å². The molecule has 0 fully saturated rings. The smallest absolute Gasteiger partial charge is 0.359 e. The Morgan fingerprint density at radius 1 is 0.815 bits per heavy atom. The molecule has 0 radical (unpaired) electrons. The van der Waals surface area contributed by atoms with Gasteiger partial charge in [0, 0.05) is 5.56 Å². The number of hydrogen-bond acceptors (Lipinski definition) is 1. The monoisotopic (exact) mass is 376 g/mol. The van der Waals surface area contributed by atoms with E-state index in [2.05, 4.69) is 26.1 Å². The van der Waals surface area contributed by atoms with Crippen LogP contribution in [0, 0.1) is 0 Å². The summed E-state index contributed by atoms with van der Waals surface area (Å²) >= 11 is 0. The van der Waals surface area contributed by atoms with Crippen LogP contribution in [0.3, 0.4) is 0 Å². The molecule has 3 nitrogen and oxygen atoms in total. The number of carboxylic acids is 1. The number of quaternary nitrogens is 1. The van der Waals surface area contributed by atoms with Crippen LogP contribution in [0.4, 0.5) is 0 Å². The Bertz CT molecular complexity index is 488. The highest BCUT2D eigenvalue weighted by Gasteiger charge is 2.25. The third kappa shape index (κ3) is 12.6. The molecule has 0 aliphatic carbocycles. The van der Waals surface area contributed by atoms with Gasteiger partial charge in [0.15, 0.2) is 6.54 Å². The molecule has 0 aliphatic heterocycles. The summed E-state index contributed by atoms with van der Waals surface area (Å²) in [7, 11) is 2.08. The number of aliphatic carboxylic acids is 1. The average molecular weight is 377 g/mol. The summed E-state index contributed by atoms with van der Waals surface area (Å²) in [6.07, 6.45) is 16.0. The molecular formula is C24H42NO2+. The maximum atomic E-state index is 11.3. The van der Waals surface area contributed by atoms with E-state index in [1.54, 1.807) is 0 Å². The molecular weight excluding hydrogens is 334 g/mol. The van der Waals surface area contributed by atoms with Crippen molar-refractivity contribution in [2.75, 3.05) is 20.1 Å². The number of carbonyl (C=O) groups is 1. The summed E-state index contributed by atoms with van der Waals surface area (Å²) in [5.41, 5.74) is 1.22. The molecule has 3 heteroatoms. The molecule has 1 atom stereocenters. The highest BCUT2D eigenvalue weighted by atomic mass is 16.4. The van der Waals surface area contributed by atoms with Crippen molar-refractivity contribution < 1.29 is 14.4 Å². The Kier molecular flexibility index (Phi) is 12.9. The van der Waals surface area contributed by atoms with Crippen molar-refractivity contribution in [2.24, 2.45) is 0 Å². The van der Waals surface area contributed by atoms with Gasteiger partial charge in [0.25, 0.3) is 0 Å². The minimum atomic E-state index is -0.702. The summed E-state index contributed by atoms with van der Waals surface area (Å²) in [5, 5.41) is 9.30. The van der Waals surface area contributed by atoms with Crippen LogP contribution in [0.15, 0.2) is 30.3 Å². The van der Waals surface area contributed by atoms with Gasteiger partial charge in [-0.2, -0.15) is 0 Å². The van der Waals surface area contributed by atoms with Crippen LogP contribution in [0.1, 0.15) is 89.5 Å². The lowest BCUT2D eigenvalue weighted by Crippen LogP contribution is -2.47. The van der Waals surface area contributed by atoms with Gasteiger partial charge in [0.2, 0.25) is 0 Å². The van der Waals surface area contributed by atoms with Gasteiger partial charge in [-0.3, -0.25) is 0 Å². The molecule has 1 aromatic carbocycles. The van der Waals surface area contributed by atoms with E-state index in [1.165, 1.54) is 76.2 Å². The van der Waals surface area contributed by atoms with Crippen molar-refractivity contribution >= 4 is 5.97 Å². The Morgan fingerprint density at radius 3 is 1.78 bits per heavy atom. The zero-order valence-electron chi connectivity index (χ0n) is 17.8. The van der Waals surface area contributed by atoms with Gasteiger partial charge >= 0.3 is 5.97 Å². The van der Waals surface area contributed by atoms with Gasteiger partial charge in [-0.25, -0.2) is 4.79 Å². The first-order chi connectivity index (χ1) is 13.1. The van der Waals surface area contributed by atoms with Gasteiger partial charge in [0.05, 0.1) is 13.6 Å². The zero-order chi connectivity index (χ0) is 19.8. The number of unbranched alkanes of at least 4 members (excludes halogenated alkanes) is 11. The lowest BCUT2D eigenvalue weighted by Gasteiger charge is -2.33. The fraction of sp³-hybridized carbons (Fsp3) is 0.708. The maximum absolute atomic E-state index is 11.3. The van der Waals surface area contributed by atoms with E-state index < -0.39 is 5.97 Å². The fourth-order valence-corrected chi connectivity index (χ4v) is 3.90. The largest absolute Gasteiger partial charge is 0.477 e. The van der Waals surface area contributed by atoms with Crippen LogP contribution in [0.5, 0.6) is 0 Å². The van der Waals surface area contributed by atoms with Gasteiger partial charge < -0.3 is 9.59 Å². The fourth-order valence-electron chi connectivity index (χ4n) is 3.90. The van der Waals surface area contributed by atoms with Crippen molar-refractivity contribution in [1.29, 1.82) is 0 Å². The SMILES string of the molecule is CCCCCCCCCCCCCC[N+](C)(CC(=O)O)Cc1ccccc1. The van der Waals surface area contributed by atoms with Crippen LogP contribution < -0.4 is 0 Å². The van der Waals surface area contributed by atoms with Crippen molar-refractivity contribution in [1.82, 2.24) is 0 Å². The summed E-state index contributed by atoms with van der Waals surface area (Å²) in [6.45, 7) is 4.21. The Labute approximate surface area is 167 Å². The number of rotatable bonds is 17.